The number of hydrogen-bond acceptors (Lipinski definition) is 7. The molecule has 43 heavy (non-hydrogen) atoms. The van der Waals surface area contributed by atoms with Gasteiger partial charge in [0.05, 0.1) is 19.7 Å². The van der Waals surface area contributed by atoms with E-state index in [1.54, 1.807) is 24.3 Å². The zero-order valence-corrected chi connectivity index (χ0v) is 24.6. The van der Waals surface area contributed by atoms with Gasteiger partial charge in [0.1, 0.15) is 5.75 Å². The number of likely N-dealkylation sites (tertiary alicyclic amines) is 1. The van der Waals surface area contributed by atoms with E-state index in [2.05, 4.69) is 15.2 Å². The smallest absolute Gasteiger partial charge is 0.417 e. The van der Waals surface area contributed by atoms with Crippen LogP contribution in [0.2, 0.25) is 0 Å². The molecule has 0 bridgehead atoms. The third kappa shape index (κ3) is 6.49. The van der Waals surface area contributed by atoms with Gasteiger partial charge < -0.3 is 19.7 Å². The molecule has 0 spiro atoms. The van der Waals surface area contributed by atoms with Gasteiger partial charge in [-0.05, 0) is 68.0 Å². The predicted molar refractivity (Wildman–Crippen MR) is 160 cm³/mol. The monoisotopic (exact) mass is 583 g/mol. The predicted octanol–water partition coefficient (Wildman–Crippen LogP) is 5.28. The summed E-state index contributed by atoms with van der Waals surface area (Å²) >= 11 is 0. The summed E-state index contributed by atoms with van der Waals surface area (Å²) in [4.78, 5) is 48.1. The molecule has 1 N–H and O–H groups in total. The van der Waals surface area contributed by atoms with Crippen LogP contribution in [0.1, 0.15) is 58.9 Å². The van der Waals surface area contributed by atoms with Crippen LogP contribution in [0.5, 0.6) is 11.6 Å². The largest absolute Gasteiger partial charge is 0.452 e. The fourth-order valence-electron chi connectivity index (χ4n) is 5.91. The number of methoxy groups -OCH3 is 1. The number of amides is 4. The summed E-state index contributed by atoms with van der Waals surface area (Å²) in [5, 5.41) is 2.99. The molecule has 1 atom stereocenters. The summed E-state index contributed by atoms with van der Waals surface area (Å²) in [6.45, 7) is 4.67. The van der Waals surface area contributed by atoms with Gasteiger partial charge in [0.2, 0.25) is 5.88 Å². The van der Waals surface area contributed by atoms with E-state index in [9.17, 15) is 14.4 Å². The number of hydrogen-bond donors (Lipinski definition) is 1. The van der Waals surface area contributed by atoms with Crippen molar-refractivity contribution in [3.05, 3.63) is 89.1 Å². The van der Waals surface area contributed by atoms with E-state index in [1.807, 2.05) is 54.3 Å². The highest BCUT2D eigenvalue weighted by atomic mass is 16.5. The van der Waals surface area contributed by atoms with Crippen LogP contribution in [0.3, 0.4) is 0 Å². The molecule has 0 radical (unpaired) electrons. The molecule has 1 aromatic heterocycles. The molecule has 1 saturated carbocycles. The summed E-state index contributed by atoms with van der Waals surface area (Å²) in [5.74, 6) is 1.08. The number of nitrogens with zero attached hydrogens (tertiary/aromatic N) is 4. The van der Waals surface area contributed by atoms with Crippen LogP contribution >= 0.6 is 0 Å². The third-order valence-corrected chi connectivity index (χ3v) is 8.49. The van der Waals surface area contributed by atoms with Gasteiger partial charge in [-0.2, -0.15) is 0 Å². The number of urea groups is 1. The highest BCUT2D eigenvalue weighted by Crippen LogP contribution is 2.35. The third-order valence-electron chi connectivity index (χ3n) is 8.49. The lowest BCUT2D eigenvalue weighted by Gasteiger charge is -2.39. The lowest BCUT2D eigenvalue weighted by molar-refractivity contribution is 0.0950. The number of pyridine rings is 1. The molecule has 3 heterocycles. The maximum atomic E-state index is 13.4. The highest BCUT2D eigenvalue weighted by molar-refractivity contribution is 5.94. The highest BCUT2D eigenvalue weighted by Gasteiger charge is 2.45. The minimum absolute atomic E-state index is 0.0322. The van der Waals surface area contributed by atoms with Crippen molar-refractivity contribution in [3.8, 4) is 11.6 Å². The van der Waals surface area contributed by atoms with Crippen molar-refractivity contribution in [2.24, 2.45) is 0 Å². The first-order valence-corrected chi connectivity index (χ1v) is 14.9. The molecule has 2 aliphatic heterocycles. The van der Waals surface area contributed by atoms with Gasteiger partial charge in [-0.25, -0.2) is 19.5 Å². The van der Waals surface area contributed by atoms with Crippen molar-refractivity contribution >= 4 is 18.0 Å². The second-order valence-electron chi connectivity index (χ2n) is 11.5. The maximum Gasteiger partial charge on any atom is 0.417 e. The van der Waals surface area contributed by atoms with Gasteiger partial charge in [0, 0.05) is 49.0 Å². The Bertz CT molecular complexity index is 1470. The van der Waals surface area contributed by atoms with E-state index in [0.717, 1.165) is 62.1 Å². The molecular formula is C33H37N5O5. The van der Waals surface area contributed by atoms with Gasteiger partial charge >= 0.3 is 12.1 Å². The first-order valence-electron chi connectivity index (χ1n) is 14.9. The molecular weight excluding hydrogens is 546 g/mol. The Morgan fingerprint density at radius 3 is 2.33 bits per heavy atom. The zero-order chi connectivity index (χ0) is 29.9. The Balaban J connectivity index is 1.05. The number of carbonyl (C=O) groups excluding carboxylic acids is 3. The normalized spacial score (nSPS) is 19.4. The minimum atomic E-state index is -0.616. The zero-order valence-electron chi connectivity index (χ0n) is 24.6. The number of rotatable bonds is 8. The molecule has 3 aromatic rings. The minimum Gasteiger partial charge on any atom is -0.452 e. The maximum absolute atomic E-state index is 13.4. The van der Waals surface area contributed by atoms with Crippen molar-refractivity contribution in [2.75, 3.05) is 26.7 Å². The van der Waals surface area contributed by atoms with Crippen LogP contribution in [0, 0.1) is 6.92 Å². The molecule has 2 aromatic carbocycles. The SMILES string of the molecule is COC(=O)N1CC(c2ccccc2)N(C2CCN(Cc3ccc(Oc4ccc(C(=O)NC5CC5)cc4)nc3C)CC2)C1=O. The summed E-state index contributed by atoms with van der Waals surface area (Å²) in [6, 6.07) is 20.8. The Morgan fingerprint density at radius 1 is 0.953 bits per heavy atom. The number of carbonyl (C=O) groups is 3. The average Bonchev–Trinajstić information content (AvgIpc) is 3.78. The van der Waals surface area contributed by atoms with E-state index in [4.69, 9.17) is 9.47 Å². The van der Waals surface area contributed by atoms with Gasteiger partial charge in [-0.15, -0.1) is 0 Å². The molecule has 3 aliphatic rings. The van der Waals surface area contributed by atoms with E-state index < -0.39 is 6.09 Å². The van der Waals surface area contributed by atoms with Crippen molar-refractivity contribution < 1.29 is 23.9 Å². The second-order valence-corrected chi connectivity index (χ2v) is 11.5. The summed E-state index contributed by atoms with van der Waals surface area (Å²) in [6.07, 6.45) is 3.12. The number of ether oxygens (including phenoxy) is 2. The Kier molecular flexibility index (Phi) is 8.29. The average molecular weight is 584 g/mol. The molecule has 1 aliphatic carbocycles. The van der Waals surface area contributed by atoms with Crippen molar-refractivity contribution in [2.45, 2.75) is 57.3 Å². The Hall–Kier alpha value is -4.44. The number of aryl methyl sites for hydroxylation is 1. The number of nitrogens with one attached hydrogen (secondary N) is 1. The van der Waals surface area contributed by atoms with E-state index in [-0.39, 0.29) is 30.6 Å². The number of benzene rings is 2. The second kappa shape index (κ2) is 12.4. The van der Waals surface area contributed by atoms with E-state index in [0.29, 0.717) is 23.2 Å². The molecule has 3 fully saturated rings. The molecule has 2 saturated heterocycles. The van der Waals surface area contributed by atoms with Gasteiger partial charge in [0.15, 0.2) is 0 Å². The number of imide groups is 1. The fraction of sp³-hybridized carbons (Fsp3) is 0.394. The van der Waals surface area contributed by atoms with Gasteiger partial charge in [-0.3, -0.25) is 9.69 Å². The quantitative estimate of drug-likeness (QED) is 0.385. The van der Waals surface area contributed by atoms with Gasteiger partial charge in [-0.1, -0.05) is 36.4 Å². The number of piperidine rings is 1. The number of aromatic nitrogens is 1. The molecule has 10 nitrogen and oxygen atoms in total. The lowest BCUT2D eigenvalue weighted by atomic mass is 9.98. The molecule has 4 amide bonds. The van der Waals surface area contributed by atoms with Crippen LogP contribution in [-0.2, 0) is 11.3 Å². The molecule has 6 rings (SSSR count). The Morgan fingerprint density at radius 2 is 1.67 bits per heavy atom. The first kappa shape index (κ1) is 28.7. The van der Waals surface area contributed by atoms with Crippen LogP contribution in [0.15, 0.2) is 66.7 Å². The van der Waals surface area contributed by atoms with Crippen LogP contribution < -0.4 is 10.1 Å². The van der Waals surface area contributed by atoms with E-state index >= 15 is 0 Å². The molecule has 224 valence electrons. The molecule has 10 heteroatoms. The van der Waals surface area contributed by atoms with Crippen LogP contribution in [-0.4, -0.2) is 76.5 Å². The Labute approximate surface area is 251 Å². The van der Waals surface area contributed by atoms with Crippen molar-refractivity contribution in [1.82, 2.24) is 25.0 Å². The topological polar surface area (TPSA) is 104 Å². The van der Waals surface area contributed by atoms with Crippen LogP contribution in [0.25, 0.3) is 0 Å². The summed E-state index contributed by atoms with van der Waals surface area (Å²) in [7, 11) is 1.30. The summed E-state index contributed by atoms with van der Waals surface area (Å²) < 4.78 is 10.9. The van der Waals surface area contributed by atoms with E-state index in [1.165, 1.54) is 12.0 Å². The molecule has 1 unspecified atom stereocenters. The van der Waals surface area contributed by atoms with Crippen LogP contribution in [0.4, 0.5) is 9.59 Å². The first-order chi connectivity index (χ1) is 20.9. The van der Waals surface area contributed by atoms with Crippen molar-refractivity contribution in [1.29, 1.82) is 0 Å². The van der Waals surface area contributed by atoms with Crippen molar-refractivity contribution in [3.63, 3.8) is 0 Å². The van der Waals surface area contributed by atoms with Gasteiger partial charge in [0.25, 0.3) is 5.91 Å². The lowest BCUT2D eigenvalue weighted by Crippen LogP contribution is -2.47. The standard InChI is InChI=1S/C33H37N5O5/c1-22-25(10-15-30(34-22)43-28-13-8-24(9-14-28)31(39)35-26-11-12-26)20-36-18-16-27(17-19-36)38-29(23-6-4-3-5-7-23)21-37(32(38)40)33(41)42-2/h3-10,13-15,26-27,29H,11-12,16-21H2,1-2H3,(H,35,39). The summed E-state index contributed by atoms with van der Waals surface area (Å²) in [5.41, 5.74) is 3.65. The fourth-order valence-corrected chi connectivity index (χ4v) is 5.91.